The van der Waals surface area contributed by atoms with Crippen LogP contribution in [0, 0.1) is 17.1 Å². The molecule has 0 bridgehead atoms. The number of anilines is 2. The number of halogens is 2. The first-order valence-electron chi connectivity index (χ1n) is 4.64. The molecule has 0 fully saturated rings. The van der Waals surface area contributed by atoms with E-state index in [1.807, 2.05) is 6.07 Å². The van der Waals surface area contributed by atoms with Crippen LogP contribution in [0.4, 0.5) is 15.9 Å². The first kappa shape index (κ1) is 11.3. The number of hydrogen-bond donors (Lipinski definition) is 1. The molecular formula is C11H6ClFN4. The molecule has 0 amide bonds. The molecule has 0 unspecified atom stereocenters. The molecule has 0 atom stereocenters. The van der Waals surface area contributed by atoms with Gasteiger partial charge in [-0.2, -0.15) is 5.26 Å². The lowest BCUT2D eigenvalue weighted by molar-refractivity contribution is 0.629. The van der Waals surface area contributed by atoms with E-state index in [2.05, 4.69) is 15.3 Å². The number of benzene rings is 1. The third-order valence-electron chi connectivity index (χ3n) is 1.99. The van der Waals surface area contributed by atoms with Gasteiger partial charge in [-0.3, -0.25) is 0 Å². The zero-order valence-corrected chi connectivity index (χ0v) is 9.24. The molecule has 6 heteroatoms. The molecule has 0 radical (unpaired) electrons. The summed E-state index contributed by atoms with van der Waals surface area (Å²) in [6, 6.07) is 6.11. The zero-order valence-electron chi connectivity index (χ0n) is 8.48. The van der Waals surface area contributed by atoms with Gasteiger partial charge in [0.05, 0.1) is 5.02 Å². The Labute approximate surface area is 102 Å². The van der Waals surface area contributed by atoms with E-state index >= 15 is 0 Å². The van der Waals surface area contributed by atoms with Crippen molar-refractivity contribution in [2.45, 2.75) is 0 Å². The minimum Gasteiger partial charge on any atom is -0.338 e. The van der Waals surface area contributed by atoms with Crippen LogP contribution in [0.2, 0.25) is 5.02 Å². The van der Waals surface area contributed by atoms with E-state index in [0.717, 1.165) is 0 Å². The Hall–Kier alpha value is -2.19. The molecular weight excluding hydrogens is 243 g/mol. The maximum Gasteiger partial charge on any atom is 0.183 e. The van der Waals surface area contributed by atoms with Crippen LogP contribution in [0.1, 0.15) is 5.69 Å². The summed E-state index contributed by atoms with van der Waals surface area (Å²) in [4.78, 5) is 7.77. The van der Waals surface area contributed by atoms with Crippen LogP contribution in [0.5, 0.6) is 0 Å². The van der Waals surface area contributed by atoms with E-state index < -0.39 is 5.82 Å². The van der Waals surface area contributed by atoms with E-state index in [-0.39, 0.29) is 16.5 Å². The van der Waals surface area contributed by atoms with Gasteiger partial charge in [-0.15, -0.1) is 0 Å². The normalized spacial score (nSPS) is 9.71. The highest BCUT2D eigenvalue weighted by atomic mass is 35.5. The van der Waals surface area contributed by atoms with Crippen molar-refractivity contribution in [2.75, 3.05) is 5.32 Å². The maximum absolute atomic E-state index is 13.2. The predicted molar refractivity (Wildman–Crippen MR) is 61.4 cm³/mol. The summed E-state index contributed by atoms with van der Waals surface area (Å²) in [5.41, 5.74) is 0.590. The van der Waals surface area contributed by atoms with Crippen LogP contribution in [-0.2, 0) is 0 Å². The number of nitrogens with one attached hydrogen (secondary N) is 1. The van der Waals surface area contributed by atoms with Crippen molar-refractivity contribution in [3.8, 4) is 6.07 Å². The fourth-order valence-electron chi connectivity index (χ4n) is 1.22. The predicted octanol–water partition coefficient (Wildman–Crippen LogP) is 2.88. The molecule has 0 aliphatic rings. The topological polar surface area (TPSA) is 61.6 Å². The summed E-state index contributed by atoms with van der Waals surface area (Å²) in [7, 11) is 0. The molecule has 1 heterocycles. The highest BCUT2D eigenvalue weighted by molar-refractivity contribution is 6.30. The molecule has 0 aliphatic carbocycles. The van der Waals surface area contributed by atoms with E-state index in [9.17, 15) is 4.39 Å². The van der Waals surface area contributed by atoms with Crippen LogP contribution < -0.4 is 5.32 Å². The molecule has 0 spiro atoms. The molecule has 0 saturated carbocycles. The fourth-order valence-corrected chi connectivity index (χ4v) is 1.34. The largest absolute Gasteiger partial charge is 0.338 e. The van der Waals surface area contributed by atoms with Crippen LogP contribution in [0.25, 0.3) is 0 Å². The minimum absolute atomic E-state index is 0.0372. The van der Waals surface area contributed by atoms with Gasteiger partial charge in [-0.25, -0.2) is 14.4 Å². The van der Waals surface area contributed by atoms with Gasteiger partial charge >= 0.3 is 0 Å². The standard InChI is InChI=1S/C11H6ClFN4/c12-8-2-1-7(5-9(8)13)17-11-10(6-14)15-3-4-16-11/h1-5H,(H,16,17). The van der Waals surface area contributed by atoms with Crippen molar-refractivity contribution >= 4 is 23.1 Å². The first-order valence-corrected chi connectivity index (χ1v) is 5.01. The quantitative estimate of drug-likeness (QED) is 0.888. The second kappa shape index (κ2) is 4.76. The van der Waals surface area contributed by atoms with Crippen LogP contribution in [0.3, 0.4) is 0 Å². The number of rotatable bonds is 2. The third kappa shape index (κ3) is 2.49. The summed E-state index contributed by atoms with van der Waals surface area (Å²) in [6.07, 6.45) is 2.85. The molecule has 17 heavy (non-hydrogen) atoms. The van der Waals surface area contributed by atoms with E-state index in [4.69, 9.17) is 16.9 Å². The van der Waals surface area contributed by atoms with Gasteiger partial charge < -0.3 is 5.32 Å². The Morgan fingerprint density at radius 3 is 2.76 bits per heavy atom. The molecule has 1 aromatic heterocycles. The third-order valence-corrected chi connectivity index (χ3v) is 2.29. The van der Waals surface area contributed by atoms with Crippen LogP contribution in [-0.4, -0.2) is 9.97 Å². The number of hydrogen-bond acceptors (Lipinski definition) is 4. The Morgan fingerprint density at radius 1 is 1.29 bits per heavy atom. The Kier molecular flexibility index (Phi) is 3.17. The number of nitrogens with zero attached hydrogens (tertiary/aromatic N) is 3. The molecule has 2 aromatic rings. The van der Waals surface area contributed by atoms with Crippen molar-refractivity contribution in [3.05, 3.63) is 47.1 Å². The summed E-state index contributed by atoms with van der Waals surface area (Å²) >= 11 is 5.56. The zero-order chi connectivity index (χ0) is 12.3. The van der Waals surface area contributed by atoms with Gasteiger partial charge in [0, 0.05) is 18.1 Å². The van der Waals surface area contributed by atoms with Crippen molar-refractivity contribution in [1.82, 2.24) is 9.97 Å². The monoisotopic (exact) mass is 248 g/mol. The van der Waals surface area contributed by atoms with Gasteiger partial charge in [-0.1, -0.05) is 11.6 Å². The Bertz CT molecular complexity index is 594. The summed E-state index contributed by atoms with van der Waals surface area (Å²) in [5, 5.41) is 11.6. The highest BCUT2D eigenvalue weighted by Crippen LogP contribution is 2.21. The van der Waals surface area contributed by atoms with Gasteiger partial charge in [-0.05, 0) is 18.2 Å². The first-order chi connectivity index (χ1) is 8.20. The van der Waals surface area contributed by atoms with Gasteiger partial charge in [0.15, 0.2) is 11.5 Å². The Morgan fingerprint density at radius 2 is 2.06 bits per heavy atom. The highest BCUT2D eigenvalue weighted by Gasteiger charge is 2.06. The smallest absolute Gasteiger partial charge is 0.183 e. The van der Waals surface area contributed by atoms with Gasteiger partial charge in [0.2, 0.25) is 0 Å². The van der Waals surface area contributed by atoms with Crippen LogP contribution >= 0.6 is 11.6 Å². The van der Waals surface area contributed by atoms with Crippen LogP contribution in [0.15, 0.2) is 30.6 Å². The number of aromatic nitrogens is 2. The van der Waals surface area contributed by atoms with Gasteiger partial charge in [0.1, 0.15) is 11.9 Å². The average Bonchev–Trinajstić information content (AvgIpc) is 2.34. The molecule has 2 rings (SSSR count). The van der Waals surface area contributed by atoms with Crippen molar-refractivity contribution in [1.29, 1.82) is 5.26 Å². The Balaban J connectivity index is 2.32. The summed E-state index contributed by atoms with van der Waals surface area (Å²) in [5.74, 6) is -0.268. The summed E-state index contributed by atoms with van der Waals surface area (Å²) < 4.78 is 13.2. The van der Waals surface area contributed by atoms with Crippen molar-refractivity contribution in [2.24, 2.45) is 0 Å². The average molecular weight is 249 g/mol. The molecule has 4 nitrogen and oxygen atoms in total. The maximum atomic E-state index is 13.2. The lowest BCUT2D eigenvalue weighted by atomic mass is 10.3. The molecule has 0 aliphatic heterocycles. The summed E-state index contributed by atoms with van der Waals surface area (Å²) in [6.45, 7) is 0. The lowest BCUT2D eigenvalue weighted by Crippen LogP contribution is -1.98. The van der Waals surface area contributed by atoms with E-state index in [1.165, 1.54) is 24.5 Å². The van der Waals surface area contributed by atoms with E-state index in [1.54, 1.807) is 6.07 Å². The SMILES string of the molecule is N#Cc1nccnc1Nc1ccc(Cl)c(F)c1. The number of nitriles is 1. The van der Waals surface area contributed by atoms with Gasteiger partial charge in [0.25, 0.3) is 0 Å². The molecule has 84 valence electrons. The molecule has 1 N–H and O–H groups in total. The molecule has 0 saturated heterocycles. The lowest BCUT2D eigenvalue weighted by Gasteiger charge is -2.06. The van der Waals surface area contributed by atoms with Crippen molar-refractivity contribution < 1.29 is 4.39 Å². The molecule has 1 aromatic carbocycles. The van der Waals surface area contributed by atoms with Crippen molar-refractivity contribution in [3.63, 3.8) is 0 Å². The van der Waals surface area contributed by atoms with E-state index in [0.29, 0.717) is 5.69 Å². The second-order valence-corrected chi connectivity index (χ2v) is 3.53. The second-order valence-electron chi connectivity index (χ2n) is 3.12. The minimum atomic E-state index is -0.543. The fraction of sp³-hybridized carbons (Fsp3) is 0.